The van der Waals surface area contributed by atoms with Crippen molar-refractivity contribution in [1.82, 2.24) is 9.80 Å². The molecule has 1 atom stereocenters. The summed E-state index contributed by atoms with van der Waals surface area (Å²) in [4.78, 5) is 42.5. The van der Waals surface area contributed by atoms with Gasteiger partial charge in [0.05, 0.1) is 32.2 Å². The molecule has 1 fully saturated rings. The summed E-state index contributed by atoms with van der Waals surface area (Å²) in [6, 6.07) is 8.06. The Morgan fingerprint density at radius 3 is 2.49 bits per heavy atom. The Kier molecular flexibility index (Phi) is 10.2. The minimum Gasteiger partial charge on any atom is -0.466 e. The lowest BCUT2D eigenvalue weighted by atomic mass is 10.1. The number of rotatable bonds is 12. The van der Waals surface area contributed by atoms with Gasteiger partial charge in [0.2, 0.25) is 11.8 Å². The van der Waals surface area contributed by atoms with Gasteiger partial charge in [-0.3, -0.25) is 14.4 Å². The van der Waals surface area contributed by atoms with E-state index in [0.29, 0.717) is 26.2 Å². The Labute approximate surface area is 209 Å². The molecule has 0 aliphatic carbocycles. The van der Waals surface area contributed by atoms with Crippen molar-refractivity contribution < 1.29 is 28.2 Å². The molecular formula is C26H33FN2O5S. The van der Waals surface area contributed by atoms with Crippen LogP contribution in [0, 0.1) is 12.7 Å². The van der Waals surface area contributed by atoms with Crippen molar-refractivity contribution >= 4 is 29.1 Å². The summed E-state index contributed by atoms with van der Waals surface area (Å²) in [5.41, 5.74) is 1.89. The lowest BCUT2D eigenvalue weighted by molar-refractivity contribution is -0.147. The number of ether oxygens (including phenoxy) is 2. The fraction of sp³-hybridized carbons (Fsp3) is 0.500. The van der Waals surface area contributed by atoms with Crippen LogP contribution in [-0.2, 0) is 36.9 Å². The van der Waals surface area contributed by atoms with Crippen molar-refractivity contribution in [3.05, 3.63) is 57.5 Å². The van der Waals surface area contributed by atoms with Gasteiger partial charge in [0.15, 0.2) is 0 Å². The summed E-state index contributed by atoms with van der Waals surface area (Å²) in [7, 11) is 0. The van der Waals surface area contributed by atoms with Gasteiger partial charge in [-0.1, -0.05) is 12.1 Å². The number of benzene rings is 1. The molecule has 35 heavy (non-hydrogen) atoms. The zero-order valence-corrected chi connectivity index (χ0v) is 21.2. The average Bonchev–Trinajstić information content (AvgIpc) is 3.50. The molecule has 2 aromatic rings. The maximum atomic E-state index is 13.5. The predicted molar refractivity (Wildman–Crippen MR) is 131 cm³/mol. The zero-order valence-electron chi connectivity index (χ0n) is 20.3. The first-order valence-electron chi connectivity index (χ1n) is 12.0. The van der Waals surface area contributed by atoms with Gasteiger partial charge in [-0.25, -0.2) is 4.39 Å². The van der Waals surface area contributed by atoms with Gasteiger partial charge >= 0.3 is 5.97 Å². The van der Waals surface area contributed by atoms with E-state index in [9.17, 15) is 18.8 Å². The van der Waals surface area contributed by atoms with Gasteiger partial charge in [-0.2, -0.15) is 0 Å². The number of carbonyl (C=O) groups is 3. The van der Waals surface area contributed by atoms with E-state index < -0.39 is 5.97 Å². The molecule has 1 aromatic heterocycles. The Bertz CT molecular complexity index is 988. The molecule has 3 rings (SSSR count). The maximum absolute atomic E-state index is 13.5. The highest BCUT2D eigenvalue weighted by Crippen LogP contribution is 2.21. The molecule has 1 aromatic carbocycles. The molecule has 1 aliphatic rings. The van der Waals surface area contributed by atoms with Crippen LogP contribution in [0.4, 0.5) is 4.39 Å². The van der Waals surface area contributed by atoms with E-state index in [-0.39, 0.29) is 49.7 Å². The molecule has 1 unspecified atom stereocenters. The van der Waals surface area contributed by atoms with Gasteiger partial charge in [0.1, 0.15) is 5.82 Å². The Balaban J connectivity index is 1.74. The standard InChI is InChI=1S/C26H33FN2O5S/c1-3-33-26(32)11-10-24(30)29(16-22-5-4-13-34-22)18-25(31)28(17-23-19(2)12-14-35-23)15-20-6-8-21(27)9-7-20/h6-9,12,14,22H,3-5,10-11,13,15-18H2,1-2H3. The molecule has 190 valence electrons. The maximum Gasteiger partial charge on any atom is 0.306 e. The van der Waals surface area contributed by atoms with Crippen molar-refractivity contribution in [1.29, 1.82) is 0 Å². The molecule has 1 aliphatic heterocycles. The van der Waals surface area contributed by atoms with Crippen LogP contribution in [0.25, 0.3) is 0 Å². The third-order valence-corrected chi connectivity index (χ3v) is 6.92. The Morgan fingerprint density at radius 2 is 1.86 bits per heavy atom. The lowest BCUT2D eigenvalue weighted by Gasteiger charge is -2.29. The number of hydrogen-bond donors (Lipinski definition) is 0. The number of aryl methyl sites for hydroxylation is 1. The molecule has 2 heterocycles. The minimum atomic E-state index is -0.435. The molecule has 0 spiro atoms. The molecule has 1 saturated heterocycles. The van der Waals surface area contributed by atoms with Crippen LogP contribution in [0.15, 0.2) is 35.7 Å². The summed E-state index contributed by atoms with van der Waals surface area (Å²) in [6.07, 6.45) is 1.55. The van der Waals surface area contributed by atoms with E-state index in [1.807, 2.05) is 18.4 Å². The van der Waals surface area contributed by atoms with E-state index in [1.165, 1.54) is 17.0 Å². The summed E-state index contributed by atoms with van der Waals surface area (Å²) in [5, 5.41) is 1.98. The minimum absolute atomic E-state index is 0.0270. The van der Waals surface area contributed by atoms with E-state index >= 15 is 0 Å². The van der Waals surface area contributed by atoms with Crippen LogP contribution in [0.3, 0.4) is 0 Å². The molecule has 0 bridgehead atoms. The van der Waals surface area contributed by atoms with Crippen LogP contribution >= 0.6 is 11.3 Å². The highest BCUT2D eigenvalue weighted by atomic mass is 32.1. The van der Waals surface area contributed by atoms with Gasteiger partial charge in [0.25, 0.3) is 0 Å². The summed E-state index contributed by atoms with van der Waals surface area (Å²) < 4.78 is 24.0. The number of halogens is 1. The van der Waals surface area contributed by atoms with Crippen LogP contribution in [0.5, 0.6) is 0 Å². The number of esters is 1. The van der Waals surface area contributed by atoms with E-state index in [4.69, 9.17) is 9.47 Å². The largest absolute Gasteiger partial charge is 0.466 e. The topological polar surface area (TPSA) is 76.2 Å². The molecule has 0 N–H and O–H groups in total. The fourth-order valence-corrected chi connectivity index (χ4v) is 4.85. The summed E-state index contributed by atoms with van der Waals surface area (Å²) in [5.74, 6) is -1.27. The number of hydrogen-bond acceptors (Lipinski definition) is 6. The van der Waals surface area contributed by atoms with Crippen molar-refractivity contribution in [3.8, 4) is 0 Å². The van der Waals surface area contributed by atoms with Crippen LogP contribution < -0.4 is 0 Å². The Hall–Kier alpha value is -2.78. The van der Waals surface area contributed by atoms with Crippen molar-refractivity contribution in [2.24, 2.45) is 0 Å². The number of carbonyl (C=O) groups excluding carboxylic acids is 3. The second kappa shape index (κ2) is 13.3. The van der Waals surface area contributed by atoms with Gasteiger partial charge in [-0.15, -0.1) is 11.3 Å². The second-order valence-corrected chi connectivity index (χ2v) is 9.62. The highest BCUT2D eigenvalue weighted by Gasteiger charge is 2.27. The highest BCUT2D eigenvalue weighted by molar-refractivity contribution is 7.10. The molecule has 7 nitrogen and oxygen atoms in total. The summed E-state index contributed by atoms with van der Waals surface area (Å²) in [6.45, 7) is 5.47. The van der Waals surface area contributed by atoms with E-state index in [1.54, 1.807) is 35.3 Å². The monoisotopic (exact) mass is 504 g/mol. The quantitative estimate of drug-likeness (QED) is 0.407. The zero-order chi connectivity index (χ0) is 25.2. The number of thiophene rings is 1. The van der Waals surface area contributed by atoms with Crippen molar-refractivity contribution in [3.63, 3.8) is 0 Å². The first kappa shape index (κ1) is 26.8. The fourth-order valence-electron chi connectivity index (χ4n) is 3.93. The van der Waals surface area contributed by atoms with Gasteiger partial charge < -0.3 is 19.3 Å². The third kappa shape index (κ3) is 8.43. The molecule has 9 heteroatoms. The van der Waals surface area contributed by atoms with Gasteiger partial charge in [0, 0.05) is 31.0 Å². The van der Waals surface area contributed by atoms with E-state index in [0.717, 1.165) is 28.8 Å². The molecular weight excluding hydrogens is 471 g/mol. The predicted octanol–water partition coefficient (Wildman–Crippen LogP) is 4.08. The first-order chi connectivity index (χ1) is 16.9. The lowest BCUT2D eigenvalue weighted by Crippen LogP contribution is -2.45. The molecule has 0 radical (unpaired) electrons. The number of nitrogens with zero attached hydrogens (tertiary/aromatic N) is 2. The smallest absolute Gasteiger partial charge is 0.306 e. The third-order valence-electron chi connectivity index (χ3n) is 5.92. The normalized spacial score (nSPS) is 15.1. The molecule has 2 amide bonds. The van der Waals surface area contributed by atoms with Crippen LogP contribution in [0.1, 0.15) is 48.6 Å². The first-order valence-corrected chi connectivity index (χ1v) is 12.8. The van der Waals surface area contributed by atoms with Crippen molar-refractivity contribution in [2.45, 2.75) is 58.7 Å². The van der Waals surface area contributed by atoms with Crippen molar-refractivity contribution in [2.75, 3.05) is 26.3 Å². The van der Waals surface area contributed by atoms with Crippen LogP contribution in [-0.4, -0.2) is 60.0 Å². The van der Waals surface area contributed by atoms with E-state index in [2.05, 4.69) is 0 Å². The average molecular weight is 505 g/mol. The Morgan fingerprint density at radius 1 is 1.09 bits per heavy atom. The SMILES string of the molecule is CCOC(=O)CCC(=O)N(CC(=O)N(Cc1ccc(F)cc1)Cc1sccc1C)CC1CCCO1. The number of amides is 2. The van der Waals surface area contributed by atoms with Gasteiger partial charge in [-0.05, 0) is 61.4 Å². The van der Waals surface area contributed by atoms with Crippen LogP contribution in [0.2, 0.25) is 0 Å². The molecule has 0 saturated carbocycles. The summed E-state index contributed by atoms with van der Waals surface area (Å²) >= 11 is 1.57. The second-order valence-electron chi connectivity index (χ2n) is 8.62.